The molecule has 21 heavy (non-hydrogen) atoms. The topological polar surface area (TPSA) is 74.5 Å². The van der Waals surface area contributed by atoms with Gasteiger partial charge in [-0.2, -0.15) is 0 Å². The molecule has 1 aliphatic heterocycles. The number of hydrogen-bond donors (Lipinski definition) is 1. The van der Waals surface area contributed by atoms with E-state index in [4.69, 9.17) is 0 Å². The molecule has 0 bridgehead atoms. The van der Waals surface area contributed by atoms with Crippen LogP contribution in [0.2, 0.25) is 0 Å². The van der Waals surface area contributed by atoms with E-state index < -0.39 is 0 Å². The van der Waals surface area contributed by atoms with Gasteiger partial charge in [0.05, 0.1) is 4.92 Å². The van der Waals surface area contributed by atoms with E-state index in [-0.39, 0.29) is 10.6 Å². The van der Waals surface area contributed by atoms with E-state index in [1.807, 2.05) is 11.8 Å². The summed E-state index contributed by atoms with van der Waals surface area (Å²) in [6, 6.07) is 3.97. The second-order valence-electron chi connectivity index (χ2n) is 5.58. The van der Waals surface area contributed by atoms with Crippen LogP contribution in [0.5, 0.6) is 0 Å². The van der Waals surface area contributed by atoms with Gasteiger partial charge in [0, 0.05) is 44.8 Å². The zero-order chi connectivity index (χ0) is 14.8. The van der Waals surface area contributed by atoms with Crippen molar-refractivity contribution >= 4 is 17.3 Å². The molecule has 1 aromatic heterocycles. The first-order chi connectivity index (χ1) is 10.2. The Morgan fingerprint density at radius 2 is 2.05 bits per heavy atom. The second kappa shape index (κ2) is 5.85. The van der Waals surface area contributed by atoms with Crippen molar-refractivity contribution in [3.63, 3.8) is 0 Å². The average Bonchev–Trinajstić information content (AvgIpc) is 3.32. The van der Waals surface area contributed by atoms with Gasteiger partial charge in [-0.1, -0.05) is 0 Å². The van der Waals surface area contributed by atoms with Gasteiger partial charge in [0.1, 0.15) is 5.82 Å². The Labute approximate surface area is 124 Å². The van der Waals surface area contributed by atoms with Gasteiger partial charge in [-0.15, -0.1) is 0 Å². The molecule has 0 aromatic carbocycles. The standard InChI is InChI=1S/C14H21N5O2/c1-2-15-13-6-5-12(19(20)21)14(16-13)18-9-7-17(8-10-18)11-3-4-11/h5-6,11H,2-4,7-10H2,1H3,(H,15,16). The van der Waals surface area contributed by atoms with Crippen molar-refractivity contribution < 1.29 is 4.92 Å². The molecule has 2 aliphatic rings. The quantitative estimate of drug-likeness (QED) is 0.657. The monoisotopic (exact) mass is 291 g/mol. The van der Waals surface area contributed by atoms with Crippen molar-refractivity contribution in [1.82, 2.24) is 9.88 Å². The van der Waals surface area contributed by atoms with Gasteiger partial charge >= 0.3 is 5.69 Å². The minimum absolute atomic E-state index is 0.0940. The van der Waals surface area contributed by atoms with Gasteiger partial charge in [-0.25, -0.2) is 4.98 Å². The van der Waals surface area contributed by atoms with Gasteiger partial charge in [0.25, 0.3) is 0 Å². The largest absolute Gasteiger partial charge is 0.370 e. The van der Waals surface area contributed by atoms with Crippen LogP contribution in [0.1, 0.15) is 19.8 Å². The Morgan fingerprint density at radius 3 is 2.62 bits per heavy atom. The van der Waals surface area contributed by atoms with Crippen LogP contribution in [0.15, 0.2) is 12.1 Å². The van der Waals surface area contributed by atoms with Gasteiger partial charge in [-0.3, -0.25) is 15.0 Å². The summed E-state index contributed by atoms with van der Waals surface area (Å²) in [6.45, 7) is 6.28. The number of rotatable bonds is 5. The summed E-state index contributed by atoms with van der Waals surface area (Å²) >= 11 is 0. The summed E-state index contributed by atoms with van der Waals surface area (Å²) in [5, 5.41) is 14.3. The van der Waals surface area contributed by atoms with Crippen molar-refractivity contribution in [2.45, 2.75) is 25.8 Å². The third kappa shape index (κ3) is 3.07. The Kier molecular flexibility index (Phi) is 3.92. The third-order valence-electron chi connectivity index (χ3n) is 4.09. The van der Waals surface area contributed by atoms with Crippen molar-refractivity contribution in [2.24, 2.45) is 0 Å². The van der Waals surface area contributed by atoms with Crippen LogP contribution in [-0.4, -0.2) is 53.6 Å². The van der Waals surface area contributed by atoms with E-state index in [0.29, 0.717) is 11.6 Å². The Balaban J connectivity index is 1.78. The van der Waals surface area contributed by atoms with E-state index in [9.17, 15) is 10.1 Å². The first-order valence-electron chi connectivity index (χ1n) is 7.57. The second-order valence-corrected chi connectivity index (χ2v) is 5.58. The molecule has 0 spiro atoms. The van der Waals surface area contributed by atoms with E-state index in [1.54, 1.807) is 12.1 Å². The normalized spacial score (nSPS) is 19.6. The van der Waals surface area contributed by atoms with Crippen LogP contribution < -0.4 is 10.2 Å². The Morgan fingerprint density at radius 1 is 1.33 bits per heavy atom. The molecule has 7 nitrogen and oxygen atoms in total. The number of aromatic nitrogens is 1. The maximum absolute atomic E-state index is 11.2. The molecule has 114 valence electrons. The number of piperazine rings is 1. The molecule has 0 amide bonds. The predicted octanol–water partition coefficient (Wildman–Crippen LogP) is 1.71. The summed E-state index contributed by atoms with van der Waals surface area (Å²) < 4.78 is 0. The Bertz CT molecular complexity index is 524. The van der Waals surface area contributed by atoms with Crippen LogP contribution >= 0.6 is 0 Å². The lowest BCUT2D eigenvalue weighted by atomic mass is 10.2. The highest BCUT2D eigenvalue weighted by Crippen LogP contribution is 2.31. The van der Waals surface area contributed by atoms with Crippen molar-refractivity contribution in [3.05, 3.63) is 22.2 Å². The first kappa shape index (κ1) is 14.1. The molecule has 1 N–H and O–H groups in total. The molecule has 1 aliphatic carbocycles. The fourth-order valence-corrected chi connectivity index (χ4v) is 2.83. The minimum Gasteiger partial charge on any atom is -0.370 e. The van der Waals surface area contributed by atoms with E-state index in [2.05, 4.69) is 15.2 Å². The molecule has 2 heterocycles. The van der Waals surface area contributed by atoms with Crippen LogP contribution in [0, 0.1) is 10.1 Å². The van der Waals surface area contributed by atoms with E-state index in [0.717, 1.165) is 38.8 Å². The number of pyridine rings is 1. The van der Waals surface area contributed by atoms with Crippen molar-refractivity contribution in [1.29, 1.82) is 0 Å². The highest BCUT2D eigenvalue weighted by molar-refractivity contribution is 5.62. The van der Waals surface area contributed by atoms with Gasteiger partial charge in [0.15, 0.2) is 0 Å². The zero-order valence-electron chi connectivity index (χ0n) is 12.3. The maximum atomic E-state index is 11.2. The molecular formula is C14H21N5O2. The molecule has 0 radical (unpaired) electrons. The summed E-state index contributed by atoms with van der Waals surface area (Å²) in [6.07, 6.45) is 2.60. The fraction of sp³-hybridized carbons (Fsp3) is 0.643. The molecule has 3 rings (SSSR count). The van der Waals surface area contributed by atoms with E-state index in [1.165, 1.54) is 12.8 Å². The highest BCUT2D eigenvalue weighted by atomic mass is 16.6. The molecule has 2 fully saturated rings. The van der Waals surface area contributed by atoms with Gasteiger partial charge in [-0.05, 0) is 25.8 Å². The number of anilines is 2. The smallest absolute Gasteiger partial charge is 0.311 e. The molecule has 1 saturated heterocycles. The van der Waals surface area contributed by atoms with Crippen LogP contribution in [0.25, 0.3) is 0 Å². The SMILES string of the molecule is CCNc1ccc([N+](=O)[O-])c(N2CCN(C3CC3)CC2)n1. The van der Waals surface area contributed by atoms with Crippen LogP contribution in [0.4, 0.5) is 17.3 Å². The number of nitrogens with zero attached hydrogens (tertiary/aromatic N) is 4. The molecule has 0 atom stereocenters. The maximum Gasteiger partial charge on any atom is 0.311 e. The summed E-state index contributed by atoms with van der Waals surface area (Å²) in [7, 11) is 0. The summed E-state index contributed by atoms with van der Waals surface area (Å²) in [5.41, 5.74) is 0.0940. The summed E-state index contributed by atoms with van der Waals surface area (Å²) in [5.74, 6) is 1.19. The Hall–Kier alpha value is -1.89. The van der Waals surface area contributed by atoms with E-state index >= 15 is 0 Å². The molecule has 7 heteroatoms. The molecule has 1 aromatic rings. The molecule has 0 unspecified atom stereocenters. The minimum atomic E-state index is -0.342. The van der Waals surface area contributed by atoms with Gasteiger partial charge in [0.2, 0.25) is 5.82 Å². The fourth-order valence-electron chi connectivity index (χ4n) is 2.83. The lowest BCUT2D eigenvalue weighted by Crippen LogP contribution is -2.47. The predicted molar refractivity (Wildman–Crippen MR) is 81.9 cm³/mol. The van der Waals surface area contributed by atoms with Crippen molar-refractivity contribution in [2.75, 3.05) is 42.9 Å². The van der Waals surface area contributed by atoms with Crippen molar-refractivity contribution in [3.8, 4) is 0 Å². The van der Waals surface area contributed by atoms with Crippen LogP contribution in [-0.2, 0) is 0 Å². The van der Waals surface area contributed by atoms with Crippen LogP contribution in [0.3, 0.4) is 0 Å². The summed E-state index contributed by atoms with van der Waals surface area (Å²) in [4.78, 5) is 19.9. The number of nitro groups is 1. The average molecular weight is 291 g/mol. The third-order valence-corrected chi connectivity index (χ3v) is 4.09. The number of nitrogens with one attached hydrogen (secondary N) is 1. The number of hydrogen-bond acceptors (Lipinski definition) is 6. The highest BCUT2D eigenvalue weighted by Gasteiger charge is 2.33. The molecule has 1 saturated carbocycles. The molecular weight excluding hydrogens is 270 g/mol. The first-order valence-corrected chi connectivity index (χ1v) is 7.57. The lowest BCUT2D eigenvalue weighted by molar-refractivity contribution is -0.384. The van der Waals surface area contributed by atoms with Gasteiger partial charge < -0.3 is 10.2 Å². The lowest BCUT2D eigenvalue weighted by Gasteiger charge is -2.35. The zero-order valence-corrected chi connectivity index (χ0v) is 12.3.